The molecule has 1 aliphatic rings. The Morgan fingerprint density at radius 1 is 1.35 bits per heavy atom. The van der Waals surface area contributed by atoms with E-state index < -0.39 is 0 Å². The molecule has 3 rings (SSSR count). The molecule has 3 nitrogen and oxygen atoms in total. The number of nitrogens with zero attached hydrogens (tertiary/aromatic N) is 2. The highest BCUT2D eigenvalue weighted by molar-refractivity contribution is 5.93. The van der Waals surface area contributed by atoms with E-state index in [9.17, 15) is 0 Å². The molecule has 0 aliphatic heterocycles. The van der Waals surface area contributed by atoms with Crippen molar-refractivity contribution in [3.05, 3.63) is 30.5 Å². The predicted octanol–water partition coefficient (Wildman–Crippen LogP) is 2.81. The number of hydrogen-bond acceptors (Lipinski definition) is 3. The van der Waals surface area contributed by atoms with Gasteiger partial charge in [0.05, 0.1) is 5.52 Å². The van der Waals surface area contributed by atoms with Gasteiger partial charge in [0.25, 0.3) is 0 Å². The topological polar surface area (TPSA) is 42.2 Å². The Morgan fingerprint density at radius 3 is 2.88 bits per heavy atom. The summed E-state index contributed by atoms with van der Waals surface area (Å²) in [6, 6.07) is 8.81. The van der Waals surface area contributed by atoms with Crippen molar-refractivity contribution >= 4 is 22.3 Å². The van der Waals surface area contributed by atoms with E-state index in [4.69, 9.17) is 5.73 Å². The minimum absolute atomic E-state index is 0.725. The monoisotopic (exact) mass is 227 g/mol. The molecule has 0 saturated heterocycles. The molecule has 2 aromatic rings. The fourth-order valence-corrected chi connectivity index (χ4v) is 2.41. The molecule has 2 N–H and O–H groups in total. The van der Waals surface area contributed by atoms with Gasteiger partial charge in [-0.15, -0.1) is 0 Å². The number of aromatic nitrogens is 1. The van der Waals surface area contributed by atoms with Gasteiger partial charge in [-0.2, -0.15) is 0 Å². The molecule has 1 aromatic heterocycles. The second kappa shape index (κ2) is 3.91. The smallest absolute Gasteiger partial charge is 0.0743 e. The van der Waals surface area contributed by atoms with Crippen LogP contribution in [-0.4, -0.2) is 17.6 Å². The zero-order chi connectivity index (χ0) is 11.8. The first-order valence-corrected chi connectivity index (χ1v) is 6.20. The number of benzene rings is 1. The maximum atomic E-state index is 5.80. The molecule has 17 heavy (non-hydrogen) atoms. The summed E-state index contributed by atoms with van der Waals surface area (Å²) in [4.78, 5) is 6.86. The maximum Gasteiger partial charge on any atom is 0.0743 e. The summed E-state index contributed by atoms with van der Waals surface area (Å²) in [5.74, 6) is 0. The molecule has 88 valence electrons. The van der Waals surface area contributed by atoms with Crippen molar-refractivity contribution in [1.29, 1.82) is 0 Å². The van der Waals surface area contributed by atoms with Gasteiger partial charge in [-0.25, -0.2) is 0 Å². The lowest BCUT2D eigenvalue weighted by molar-refractivity contribution is 0.829. The van der Waals surface area contributed by atoms with E-state index in [-0.39, 0.29) is 0 Å². The molecule has 0 radical (unpaired) electrons. The molecule has 1 aromatic carbocycles. The zero-order valence-electron chi connectivity index (χ0n) is 10.1. The van der Waals surface area contributed by atoms with Crippen LogP contribution < -0.4 is 10.6 Å². The SMILES string of the molecule is CCN(c1ccnc2cc(N)ccc12)C1CC1. The third-order valence-electron chi connectivity index (χ3n) is 3.38. The fourth-order valence-electron chi connectivity index (χ4n) is 2.41. The Bertz CT molecular complexity index is 546. The summed E-state index contributed by atoms with van der Waals surface area (Å²) in [6.07, 6.45) is 4.50. The van der Waals surface area contributed by atoms with Crippen molar-refractivity contribution in [3.63, 3.8) is 0 Å². The van der Waals surface area contributed by atoms with Crippen molar-refractivity contribution in [2.45, 2.75) is 25.8 Å². The van der Waals surface area contributed by atoms with Gasteiger partial charge in [0.15, 0.2) is 0 Å². The Hall–Kier alpha value is -1.77. The van der Waals surface area contributed by atoms with Crippen molar-refractivity contribution in [2.75, 3.05) is 17.2 Å². The van der Waals surface area contributed by atoms with Crippen LogP contribution in [0.1, 0.15) is 19.8 Å². The zero-order valence-corrected chi connectivity index (χ0v) is 10.1. The molecular formula is C14H17N3. The fraction of sp³-hybridized carbons (Fsp3) is 0.357. The first-order chi connectivity index (χ1) is 8.29. The average Bonchev–Trinajstić information content (AvgIpc) is 3.14. The van der Waals surface area contributed by atoms with Gasteiger partial charge >= 0.3 is 0 Å². The molecule has 0 amide bonds. The predicted molar refractivity (Wildman–Crippen MR) is 72.2 cm³/mol. The normalized spacial score (nSPS) is 15.1. The van der Waals surface area contributed by atoms with Crippen LogP contribution >= 0.6 is 0 Å². The van der Waals surface area contributed by atoms with Crippen LogP contribution in [0.3, 0.4) is 0 Å². The molecule has 0 spiro atoms. The number of hydrogen-bond donors (Lipinski definition) is 1. The first kappa shape index (κ1) is 10.4. The highest BCUT2D eigenvalue weighted by Crippen LogP contribution is 2.35. The number of nitrogen functional groups attached to an aromatic ring is 1. The minimum atomic E-state index is 0.725. The molecule has 1 aliphatic carbocycles. The number of anilines is 2. The van der Waals surface area contributed by atoms with E-state index in [1.165, 1.54) is 23.9 Å². The summed E-state index contributed by atoms with van der Waals surface area (Å²) in [5.41, 5.74) is 8.86. The van der Waals surface area contributed by atoms with Gasteiger partial charge in [-0.05, 0) is 44.0 Å². The van der Waals surface area contributed by atoms with E-state index in [0.717, 1.165) is 23.8 Å². The lowest BCUT2D eigenvalue weighted by Gasteiger charge is -2.24. The van der Waals surface area contributed by atoms with Gasteiger partial charge in [0, 0.05) is 35.5 Å². The Balaban J connectivity index is 2.14. The third-order valence-corrected chi connectivity index (χ3v) is 3.38. The highest BCUT2D eigenvalue weighted by atomic mass is 15.2. The third kappa shape index (κ3) is 1.82. The molecule has 0 atom stereocenters. The summed E-state index contributed by atoms with van der Waals surface area (Å²) >= 11 is 0. The van der Waals surface area contributed by atoms with Gasteiger partial charge in [-0.3, -0.25) is 4.98 Å². The van der Waals surface area contributed by atoms with E-state index in [2.05, 4.69) is 28.9 Å². The van der Waals surface area contributed by atoms with Crippen LogP contribution in [0.2, 0.25) is 0 Å². The molecule has 0 unspecified atom stereocenters. The number of rotatable bonds is 3. The molecule has 1 heterocycles. The van der Waals surface area contributed by atoms with Crippen LogP contribution in [0.5, 0.6) is 0 Å². The number of pyridine rings is 1. The van der Waals surface area contributed by atoms with Crippen LogP contribution in [0, 0.1) is 0 Å². The van der Waals surface area contributed by atoms with E-state index in [1.54, 1.807) is 0 Å². The standard InChI is InChI=1S/C14H17N3/c1-2-17(11-4-5-11)14-7-8-16-13-9-10(15)3-6-12(13)14/h3,6-9,11H,2,4-5,15H2,1H3. The van der Waals surface area contributed by atoms with Crippen molar-refractivity contribution < 1.29 is 0 Å². The largest absolute Gasteiger partial charge is 0.399 e. The van der Waals surface area contributed by atoms with Crippen LogP contribution in [0.4, 0.5) is 11.4 Å². The Morgan fingerprint density at radius 2 is 2.18 bits per heavy atom. The Labute approximate surface area is 101 Å². The number of nitrogens with two attached hydrogens (primary N) is 1. The van der Waals surface area contributed by atoms with Crippen molar-refractivity contribution in [3.8, 4) is 0 Å². The van der Waals surface area contributed by atoms with Gasteiger partial charge in [-0.1, -0.05) is 0 Å². The minimum Gasteiger partial charge on any atom is -0.399 e. The van der Waals surface area contributed by atoms with E-state index in [1.807, 2.05) is 18.3 Å². The van der Waals surface area contributed by atoms with Gasteiger partial charge < -0.3 is 10.6 Å². The van der Waals surface area contributed by atoms with Crippen LogP contribution in [0.25, 0.3) is 10.9 Å². The summed E-state index contributed by atoms with van der Waals surface area (Å²) in [6.45, 7) is 3.26. The van der Waals surface area contributed by atoms with Crippen molar-refractivity contribution in [2.24, 2.45) is 0 Å². The van der Waals surface area contributed by atoms with E-state index in [0.29, 0.717) is 0 Å². The summed E-state index contributed by atoms with van der Waals surface area (Å²) in [5, 5.41) is 1.20. The number of fused-ring (bicyclic) bond motifs is 1. The molecule has 3 heteroatoms. The van der Waals surface area contributed by atoms with E-state index >= 15 is 0 Å². The van der Waals surface area contributed by atoms with Crippen LogP contribution in [0.15, 0.2) is 30.5 Å². The average molecular weight is 227 g/mol. The lowest BCUT2D eigenvalue weighted by atomic mass is 10.1. The first-order valence-electron chi connectivity index (χ1n) is 6.20. The molecular weight excluding hydrogens is 210 g/mol. The second-order valence-electron chi connectivity index (χ2n) is 4.62. The molecule has 1 fully saturated rings. The second-order valence-corrected chi connectivity index (χ2v) is 4.62. The van der Waals surface area contributed by atoms with Gasteiger partial charge in [0.1, 0.15) is 0 Å². The quantitative estimate of drug-likeness (QED) is 0.820. The van der Waals surface area contributed by atoms with Crippen molar-refractivity contribution in [1.82, 2.24) is 4.98 Å². The maximum absolute atomic E-state index is 5.80. The highest BCUT2D eigenvalue weighted by Gasteiger charge is 2.28. The summed E-state index contributed by atoms with van der Waals surface area (Å²) < 4.78 is 0. The molecule has 1 saturated carbocycles. The van der Waals surface area contributed by atoms with Crippen LogP contribution in [-0.2, 0) is 0 Å². The van der Waals surface area contributed by atoms with Gasteiger partial charge in [0.2, 0.25) is 0 Å². The lowest BCUT2D eigenvalue weighted by Crippen LogP contribution is -2.25. The Kier molecular flexibility index (Phi) is 2.39. The molecule has 0 bridgehead atoms. The summed E-state index contributed by atoms with van der Waals surface area (Å²) in [7, 11) is 0.